The molecular formula is C19H15N3O7. The number of hydrogen-bond donors (Lipinski definition) is 4. The van der Waals surface area contributed by atoms with Crippen molar-refractivity contribution in [3.8, 4) is 5.75 Å². The number of fused-ring (bicyclic) bond motifs is 1. The van der Waals surface area contributed by atoms with Gasteiger partial charge in [0.25, 0.3) is 17.2 Å². The Bertz CT molecular complexity index is 1190. The van der Waals surface area contributed by atoms with Gasteiger partial charge in [0.2, 0.25) is 0 Å². The van der Waals surface area contributed by atoms with E-state index in [1.165, 1.54) is 12.1 Å². The first-order chi connectivity index (χ1) is 13.8. The van der Waals surface area contributed by atoms with Crippen LogP contribution >= 0.6 is 0 Å². The third kappa shape index (κ3) is 3.90. The quantitative estimate of drug-likeness (QED) is 0.362. The van der Waals surface area contributed by atoms with Gasteiger partial charge in [-0.25, -0.2) is 0 Å². The van der Waals surface area contributed by atoms with Crippen LogP contribution in [-0.2, 0) is 11.2 Å². The summed E-state index contributed by atoms with van der Waals surface area (Å²) in [5.41, 5.74) is -0.971. The molecular weight excluding hydrogens is 382 g/mol. The number of aliphatic carboxylic acids is 1. The molecule has 4 N–H and O–H groups in total. The molecule has 2 aromatic carbocycles. The third-order valence-corrected chi connectivity index (χ3v) is 4.29. The standard InChI is InChI=1S/C19H15N3O7/c23-14(24)9-20-18(26)15-17(25)11-6-7-13(22(28)29)12(16(11)21-19(15)27)8-10-4-2-1-3-5-10/h1-7H,8-9H2,(H,20,26)(H,23,24)(H2,21,25,27). The van der Waals surface area contributed by atoms with E-state index in [0.29, 0.717) is 0 Å². The molecule has 3 aromatic rings. The smallest absolute Gasteiger partial charge is 0.322 e. The summed E-state index contributed by atoms with van der Waals surface area (Å²) in [6, 6.07) is 11.2. The molecule has 1 amide bonds. The number of aromatic amines is 1. The van der Waals surface area contributed by atoms with Gasteiger partial charge in [-0.2, -0.15) is 0 Å². The van der Waals surface area contributed by atoms with Crippen LogP contribution in [0.3, 0.4) is 0 Å². The van der Waals surface area contributed by atoms with E-state index in [1.807, 2.05) is 5.32 Å². The van der Waals surface area contributed by atoms with Crippen LogP contribution in [0.1, 0.15) is 21.5 Å². The number of carboxylic acids is 1. The maximum atomic E-state index is 12.4. The lowest BCUT2D eigenvalue weighted by atomic mass is 9.98. The number of pyridine rings is 1. The van der Waals surface area contributed by atoms with Gasteiger partial charge in [-0.05, 0) is 11.6 Å². The van der Waals surface area contributed by atoms with E-state index in [9.17, 15) is 29.6 Å². The fourth-order valence-corrected chi connectivity index (χ4v) is 3.00. The van der Waals surface area contributed by atoms with Crippen LogP contribution in [0.5, 0.6) is 5.75 Å². The zero-order valence-electron chi connectivity index (χ0n) is 14.8. The molecule has 0 bridgehead atoms. The molecule has 0 aliphatic heterocycles. The van der Waals surface area contributed by atoms with Crippen LogP contribution in [0.4, 0.5) is 5.69 Å². The van der Waals surface area contributed by atoms with E-state index in [-0.39, 0.29) is 28.6 Å². The molecule has 0 fully saturated rings. The Morgan fingerprint density at radius 2 is 1.83 bits per heavy atom. The Labute approximate surface area is 162 Å². The number of carbonyl (C=O) groups excluding carboxylic acids is 1. The predicted molar refractivity (Wildman–Crippen MR) is 102 cm³/mol. The summed E-state index contributed by atoms with van der Waals surface area (Å²) in [6.45, 7) is -0.741. The average molecular weight is 397 g/mol. The Balaban J connectivity index is 2.20. The highest BCUT2D eigenvalue weighted by atomic mass is 16.6. The van der Waals surface area contributed by atoms with Crippen molar-refractivity contribution in [1.29, 1.82) is 0 Å². The summed E-state index contributed by atoms with van der Waals surface area (Å²) in [5.74, 6) is -3.08. The fraction of sp³-hybridized carbons (Fsp3) is 0.105. The number of carbonyl (C=O) groups is 2. The second-order valence-electron chi connectivity index (χ2n) is 6.16. The highest BCUT2D eigenvalue weighted by molar-refractivity contribution is 6.03. The Morgan fingerprint density at radius 3 is 2.45 bits per heavy atom. The highest BCUT2D eigenvalue weighted by Gasteiger charge is 2.24. The Kier molecular flexibility index (Phi) is 5.26. The molecule has 3 rings (SSSR count). The van der Waals surface area contributed by atoms with Crippen LogP contribution in [0.2, 0.25) is 0 Å². The minimum absolute atomic E-state index is 0.0281. The van der Waals surface area contributed by atoms with Gasteiger partial charge in [0.05, 0.1) is 16.0 Å². The molecule has 148 valence electrons. The van der Waals surface area contributed by atoms with Gasteiger partial charge in [0.15, 0.2) is 0 Å². The van der Waals surface area contributed by atoms with Crippen molar-refractivity contribution in [3.05, 3.63) is 79.6 Å². The Hall–Kier alpha value is -4.21. The number of rotatable bonds is 6. The summed E-state index contributed by atoms with van der Waals surface area (Å²) in [7, 11) is 0. The van der Waals surface area contributed by atoms with Crippen LogP contribution in [0.25, 0.3) is 10.9 Å². The van der Waals surface area contributed by atoms with Crippen molar-refractivity contribution in [1.82, 2.24) is 10.3 Å². The Morgan fingerprint density at radius 1 is 1.14 bits per heavy atom. The number of aromatic nitrogens is 1. The fourth-order valence-electron chi connectivity index (χ4n) is 3.00. The number of nitro groups is 1. The number of H-pyrrole nitrogens is 1. The molecule has 0 aliphatic carbocycles. The molecule has 0 saturated heterocycles. The number of carboxylic acid groups (broad SMARTS) is 1. The monoisotopic (exact) mass is 397 g/mol. The van der Waals surface area contributed by atoms with Gasteiger partial charge in [-0.3, -0.25) is 24.5 Å². The van der Waals surface area contributed by atoms with Crippen molar-refractivity contribution in [2.75, 3.05) is 6.54 Å². The summed E-state index contributed by atoms with van der Waals surface area (Å²) in [5, 5.41) is 32.7. The largest absolute Gasteiger partial charge is 0.506 e. The second kappa shape index (κ2) is 7.80. The summed E-state index contributed by atoms with van der Waals surface area (Å²) in [4.78, 5) is 48.5. The van der Waals surface area contributed by atoms with Gasteiger partial charge in [-0.1, -0.05) is 30.3 Å². The summed E-state index contributed by atoms with van der Waals surface area (Å²) in [6.07, 6.45) is 0.106. The molecule has 0 saturated carbocycles. The molecule has 1 aromatic heterocycles. The molecule has 0 radical (unpaired) electrons. The first kappa shape index (κ1) is 19.5. The molecule has 0 atom stereocenters. The number of aromatic hydroxyl groups is 1. The number of benzene rings is 2. The topological polar surface area (TPSA) is 163 Å². The maximum Gasteiger partial charge on any atom is 0.322 e. The van der Waals surface area contributed by atoms with E-state index >= 15 is 0 Å². The number of amides is 1. The lowest BCUT2D eigenvalue weighted by molar-refractivity contribution is -0.385. The molecule has 10 nitrogen and oxygen atoms in total. The molecule has 10 heteroatoms. The van der Waals surface area contributed by atoms with Crippen LogP contribution in [-0.4, -0.2) is 38.5 Å². The minimum Gasteiger partial charge on any atom is -0.506 e. The molecule has 0 unspecified atom stereocenters. The van der Waals surface area contributed by atoms with Crippen molar-refractivity contribution >= 4 is 28.5 Å². The maximum absolute atomic E-state index is 12.4. The summed E-state index contributed by atoms with van der Waals surface area (Å²) >= 11 is 0. The zero-order valence-corrected chi connectivity index (χ0v) is 14.8. The summed E-state index contributed by atoms with van der Waals surface area (Å²) < 4.78 is 0. The van der Waals surface area contributed by atoms with Crippen LogP contribution in [0.15, 0.2) is 47.3 Å². The zero-order chi connectivity index (χ0) is 21.1. The molecule has 0 spiro atoms. The highest BCUT2D eigenvalue weighted by Crippen LogP contribution is 2.33. The first-order valence-corrected chi connectivity index (χ1v) is 8.38. The second-order valence-corrected chi connectivity index (χ2v) is 6.16. The SMILES string of the molecule is O=C(O)CNC(=O)c1c(O)c2ccc([N+](=O)[O-])c(Cc3ccccc3)c2[nH]c1=O. The number of hydrogen-bond acceptors (Lipinski definition) is 6. The van der Waals surface area contributed by atoms with Gasteiger partial charge in [0.1, 0.15) is 17.9 Å². The van der Waals surface area contributed by atoms with E-state index in [2.05, 4.69) is 4.98 Å². The van der Waals surface area contributed by atoms with Crippen LogP contribution in [0, 0.1) is 10.1 Å². The number of nitrogens with one attached hydrogen (secondary N) is 2. The van der Waals surface area contributed by atoms with E-state index in [1.54, 1.807) is 30.3 Å². The number of nitrogens with zero attached hydrogens (tertiary/aromatic N) is 1. The molecule has 1 heterocycles. The van der Waals surface area contributed by atoms with Gasteiger partial charge >= 0.3 is 5.97 Å². The third-order valence-electron chi connectivity index (χ3n) is 4.29. The lowest BCUT2D eigenvalue weighted by Gasteiger charge is -2.11. The van der Waals surface area contributed by atoms with Gasteiger partial charge in [-0.15, -0.1) is 0 Å². The van der Waals surface area contributed by atoms with Crippen molar-refractivity contribution in [3.63, 3.8) is 0 Å². The van der Waals surface area contributed by atoms with E-state index in [4.69, 9.17) is 5.11 Å². The van der Waals surface area contributed by atoms with Crippen LogP contribution < -0.4 is 10.9 Å². The normalized spacial score (nSPS) is 10.6. The van der Waals surface area contributed by atoms with Crippen molar-refractivity contribution in [2.24, 2.45) is 0 Å². The first-order valence-electron chi connectivity index (χ1n) is 8.38. The average Bonchev–Trinajstić information content (AvgIpc) is 2.67. The predicted octanol–water partition coefficient (Wildman–Crippen LogP) is 1.55. The minimum atomic E-state index is -1.32. The lowest BCUT2D eigenvalue weighted by Crippen LogP contribution is -2.33. The van der Waals surface area contributed by atoms with Crippen molar-refractivity contribution in [2.45, 2.75) is 6.42 Å². The van der Waals surface area contributed by atoms with E-state index in [0.717, 1.165) is 5.56 Å². The number of nitro benzene ring substituents is 1. The van der Waals surface area contributed by atoms with Gasteiger partial charge in [0, 0.05) is 17.9 Å². The molecule has 29 heavy (non-hydrogen) atoms. The molecule has 0 aliphatic rings. The van der Waals surface area contributed by atoms with E-state index < -0.39 is 40.2 Å². The van der Waals surface area contributed by atoms with Gasteiger partial charge < -0.3 is 20.5 Å². The van der Waals surface area contributed by atoms with Crippen molar-refractivity contribution < 1.29 is 24.7 Å².